The van der Waals surface area contributed by atoms with Gasteiger partial charge in [0.15, 0.2) is 0 Å². The molecule has 2 N–H and O–H groups in total. The fourth-order valence-electron chi connectivity index (χ4n) is 2.95. The normalized spacial score (nSPS) is 10.2. The average molecular weight is 404 g/mol. The monoisotopic (exact) mass is 404 g/mol. The van der Waals surface area contributed by atoms with Crippen molar-refractivity contribution in [2.24, 2.45) is 0 Å². The molecule has 0 bridgehead atoms. The van der Waals surface area contributed by atoms with Crippen molar-refractivity contribution < 1.29 is 19.1 Å². The van der Waals surface area contributed by atoms with E-state index < -0.39 is 0 Å². The molecule has 0 aliphatic carbocycles. The number of rotatable bonds is 8. The molecule has 3 aromatic carbocycles. The number of anilines is 1. The van der Waals surface area contributed by atoms with Crippen LogP contribution in [0.15, 0.2) is 72.8 Å². The topological polar surface area (TPSA) is 76.7 Å². The molecular weight excluding hydrogens is 380 g/mol. The van der Waals surface area contributed by atoms with E-state index in [1.54, 1.807) is 49.6 Å². The summed E-state index contributed by atoms with van der Waals surface area (Å²) in [6.07, 6.45) is 0.719. The standard InChI is InChI=1S/C24H24N2O4/c1-29-19-10-8-18(9-11-19)23(27)26-22-16-20(30-2)12-13-21(22)24(28)25-15-14-17-6-4-3-5-7-17/h3-13,16H,14-15H2,1-2H3,(H,25,28)(H,26,27). The molecule has 2 amide bonds. The predicted octanol–water partition coefficient (Wildman–Crippen LogP) is 3.93. The highest BCUT2D eigenvalue weighted by Gasteiger charge is 2.15. The maximum absolute atomic E-state index is 12.7. The fourth-order valence-corrected chi connectivity index (χ4v) is 2.95. The van der Waals surface area contributed by atoms with Crippen LogP contribution in [0.1, 0.15) is 26.3 Å². The van der Waals surface area contributed by atoms with E-state index in [0.717, 1.165) is 12.0 Å². The SMILES string of the molecule is COc1ccc(C(=O)Nc2cc(OC)ccc2C(=O)NCCc2ccccc2)cc1. The minimum absolute atomic E-state index is 0.265. The smallest absolute Gasteiger partial charge is 0.255 e. The molecular formula is C24H24N2O4. The Hall–Kier alpha value is -3.80. The highest BCUT2D eigenvalue weighted by Crippen LogP contribution is 2.24. The lowest BCUT2D eigenvalue weighted by Crippen LogP contribution is -2.27. The van der Waals surface area contributed by atoms with Crippen LogP contribution in [0.5, 0.6) is 11.5 Å². The van der Waals surface area contributed by atoms with E-state index in [0.29, 0.717) is 34.9 Å². The maximum Gasteiger partial charge on any atom is 0.255 e. The second-order valence-corrected chi connectivity index (χ2v) is 6.59. The third kappa shape index (κ3) is 5.38. The summed E-state index contributed by atoms with van der Waals surface area (Å²) >= 11 is 0. The van der Waals surface area contributed by atoms with Crippen LogP contribution in [-0.2, 0) is 6.42 Å². The van der Waals surface area contributed by atoms with E-state index in [2.05, 4.69) is 10.6 Å². The van der Waals surface area contributed by atoms with Gasteiger partial charge in [-0.25, -0.2) is 0 Å². The zero-order valence-corrected chi connectivity index (χ0v) is 17.0. The number of amides is 2. The molecule has 154 valence electrons. The summed E-state index contributed by atoms with van der Waals surface area (Å²) < 4.78 is 10.4. The van der Waals surface area contributed by atoms with Gasteiger partial charge in [0.25, 0.3) is 11.8 Å². The van der Waals surface area contributed by atoms with Crippen LogP contribution in [0.25, 0.3) is 0 Å². The number of carbonyl (C=O) groups is 2. The van der Waals surface area contributed by atoms with Crippen LogP contribution in [-0.4, -0.2) is 32.6 Å². The van der Waals surface area contributed by atoms with Crippen molar-refractivity contribution in [3.05, 3.63) is 89.5 Å². The first-order chi connectivity index (χ1) is 14.6. The highest BCUT2D eigenvalue weighted by atomic mass is 16.5. The minimum atomic E-state index is -0.329. The van der Waals surface area contributed by atoms with E-state index in [1.165, 1.54) is 7.11 Å². The molecule has 0 aromatic heterocycles. The second kappa shape index (κ2) is 10.1. The molecule has 3 rings (SSSR count). The van der Waals surface area contributed by atoms with Gasteiger partial charge >= 0.3 is 0 Å². The van der Waals surface area contributed by atoms with Gasteiger partial charge < -0.3 is 20.1 Å². The van der Waals surface area contributed by atoms with Crippen LogP contribution < -0.4 is 20.1 Å². The van der Waals surface area contributed by atoms with E-state index in [9.17, 15) is 9.59 Å². The lowest BCUT2D eigenvalue weighted by Gasteiger charge is -2.13. The summed E-state index contributed by atoms with van der Waals surface area (Å²) in [6, 6.07) is 21.6. The van der Waals surface area contributed by atoms with E-state index in [1.807, 2.05) is 30.3 Å². The van der Waals surface area contributed by atoms with Gasteiger partial charge in [-0.15, -0.1) is 0 Å². The summed E-state index contributed by atoms with van der Waals surface area (Å²) in [7, 11) is 3.10. The van der Waals surface area contributed by atoms with Crippen LogP contribution in [0, 0.1) is 0 Å². The lowest BCUT2D eigenvalue weighted by molar-refractivity contribution is 0.0955. The van der Waals surface area contributed by atoms with Crippen LogP contribution in [0.3, 0.4) is 0 Å². The van der Waals surface area contributed by atoms with Crippen molar-refractivity contribution in [1.82, 2.24) is 5.32 Å². The molecule has 6 heteroatoms. The average Bonchev–Trinajstić information content (AvgIpc) is 2.79. The Labute approximate surface area is 175 Å². The molecule has 0 saturated carbocycles. The number of hydrogen-bond acceptors (Lipinski definition) is 4. The Kier molecular flexibility index (Phi) is 7.05. The predicted molar refractivity (Wildman–Crippen MR) is 116 cm³/mol. The van der Waals surface area contributed by atoms with Gasteiger partial charge in [0.1, 0.15) is 11.5 Å². The summed E-state index contributed by atoms with van der Waals surface area (Å²) in [6.45, 7) is 0.487. The van der Waals surface area contributed by atoms with E-state index in [4.69, 9.17) is 9.47 Å². The second-order valence-electron chi connectivity index (χ2n) is 6.59. The van der Waals surface area contributed by atoms with Gasteiger partial charge in [0.2, 0.25) is 0 Å². The number of hydrogen-bond donors (Lipinski definition) is 2. The van der Waals surface area contributed by atoms with Gasteiger partial charge in [0, 0.05) is 18.2 Å². The van der Waals surface area contributed by atoms with Crippen molar-refractivity contribution in [1.29, 1.82) is 0 Å². The van der Waals surface area contributed by atoms with Gasteiger partial charge in [-0.3, -0.25) is 9.59 Å². The minimum Gasteiger partial charge on any atom is -0.497 e. The molecule has 3 aromatic rings. The third-order valence-electron chi connectivity index (χ3n) is 4.61. The Morgan fingerprint density at radius 2 is 1.47 bits per heavy atom. The molecule has 0 radical (unpaired) electrons. The summed E-state index contributed by atoms with van der Waals surface area (Å²) in [5.41, 5.74) is 2.34. The van der Waals surface area contributed by atoms with E-state index in [-0.39, 0.29) is 11.8 Å². The quantitative estimate of drug-likeness (QED) is 0.596. The first-order valence-corrected chi connectivity index (χ1v) is 9.56. The Morgan fingerprint density at radius 3 is 2.13 bits per heavy atom. The van der Waals surface area contributed by atoms with Gasteiger partial charge in [-0.05, 0) is 48.4 Å². The third-order valence-corrected chi connectivity index (χ3v) is 4.61. The largest absolute Gasteiger partial charge is 0.497 e. The highest BCUT2D eigenvalue weighted by molar-refractivity contribution is 6.09. The number of methoxy groups -OCH3 is 2. The molecule has 0 aliphatic rings. The number of nitrogens with one attached hydrogen (secondary N) is 2. The Balaban J connectivity index is 1.72. The van der Waals surface area contributed by atoms with Crippen molar-refractivity contribution in [2.45, 2.75) is 6.42 Å². The molecule has 0 spiro atoms. The molecule has 0 atom stereocenters. The van der Waals surface area contributed by atoms with Crippen molar-refractivity contribution >= 4 is 17.5 Å². The van der Waals surface area contributed by atoms with E-state index >= 15 is 0 Å². The fraction of sp³-hybridized carbons (Fsp3) is 0.167. The van der Waals surface area contributed by atoms with Gasteiger partial charge in [-0.2, -0.15) is 0 Å². The van der Waals surface area contributed by atoms with Gasteiger partial charge in [-0.1, -0.05) is 30.3 Å². The summed E-state index contributed by atoms with van der Waals surface area (Å²) in [5, 5.41) is 5.71. The van der Waals surface area contributed by atoms with Gasteiger partial charge in [0.05, 0.1) is 25.5 Å². The molecule has 6 nitrogen and oxygen atoms in total. The lowest BCUT2D eigenvalue weighted by atomic mass is 10.1. The molecule has 0 unspecified atom stereocenters. The molecule has 0 fully saturated rings. The van der Waals surface area contributed by atoms with Crippen LogP contribution in [0.4, 0.5) is 5.69 Å². The van der Waals surface area contributed by atoms with Crippen molar-refractivity contribution in [3.8, 4) is 11.5 Å². The maximum atomic E-state index is 12.7. The number of ether oxygens (including phenoxy) is 2. The first-order valence-electron chi connectivity index (χ1n) is 9.56. The molecule has 0 saturated heterocycles. The Bertz CT molecular complexity index is 1000. The molecule has 30 heavy (non-hydrogen) atoms. The number of benzene rings is 3. The van der Waals surface area contributed by atoms with Crippen molar-refractivity contribution in [2.75, 3.05) is 26.1 Å². The zero-order valence-electron chi connectivity index (χ0n) is 17.0. The summed E-state index contributed by atoms with van der Waals surface area (Å²) in [4.78, 5) is 25.4. The van der Waals surface area contributed by atoms with Crippen LogP contribution >= 0.6 is 0 Å². The zero-order chi connectivity index (χ0) is 21.3. The molecule has 0 heterocycles. The summed E-state index contributed by atoms with van der Waals surface area (Å²) in [5.74, 6) is 0.607. The van der Waals surface area contributed by atoms with Crippen LogP contribution in [0.2, 0.25) is 0 Å². The van der Waals surface area contributed by atoms with Crippen molar-refractivity contribution in [3.63, 3.8) is 0 Å². The first kappa shape index (κ1) is 20.9. The Morgan fingerprint density at radius 1 is 0.800 bits per heavy atom. The molecule has 0 aliphatic heterocycles. The number of carbonyl (C=O) groups excluding carboxylic acids is 2.